The maximum Gasteiger partial charge on any atom is 0.0753 e. The van der Waals surface area contributed by atoms with Crippen molar-refractivity contribution in [2.24, 2.45) is 5.41 Å². The average molecular weight is 436 g/mol. The number of rotatable bonds is 21. The normalized spacial score (nSPS) is 11.7. The molecule has 0 saturated carbocycles. The summed E-state index contributed by atoms with van der Waals surface area (Å²) in [7, 11) is 0. The first-order chi connectivity index (χ1) is 13.6. The molecule has 0 unspecified atom stereocenters. The molecule has 4 nitrogen and oxygen atoms in total. The Bertz CT molecular complexity index is 325. The van der Waals surface area contributed by atoms with Crippen LogP contribution in [0.3, 0.4) is 0 Å². The third-order valence-electron chi connectivity index (χ3n) is 4.56. The molecule has 6 heteroatoms. The van der Waals surface area contributed by atoms with Gasteiger partial charge < -0.3 is 19.5 Å². The van der Waals surface area contributed by atoms with Crippen molar-refractivity contribution in [1.82, 2.24) is 5.32 Å². The van der Waals surface area contributed by atoms with Crippen LogP contribution in [-0.2, 0) is 14.2 Å². The van der Waals surface area contributed by atoms with Gasteiger partial charge in [-0.25, -0.2) is 0 Å². The predicted molar refractivity (Wildman–Crippen MR) is 128 cm³/mol. The Balaban J connectivity index is 4.82. The molecule has 168 valence electrons. The van der Waals surface area contributed by atoms with Crippen molar-refractivity contribution in [1.29, 1.82) is 0 Å². The van der Waals surface area contributed by atoms with Crippen molar-refractivity contribution in [2.45, 2.75) is 72.1 Å². The van der Waals surface area contributed by atoms with Crippen molar-refractivity contribution in [3.05, 3.63) is 0 Å². The number of ether oxygens (including phenoxy) is 3. The molecule has 0 aliphatic carbocycles. The van der Waals surface area contributed by atoms with E-state index in [1.165, 1.54) is 0 Å². The molecular formula is C22H45NO3S2. The molecular weight excluding hydrogens is 390 g/mol. The third kappa shape index (κ3) is 16.0. The zero-order valence-electron chi connectivity index (χ0n) is 18.9. The number of nitrogens with one attached hydrogen (secondary N) is 1. The van der Waals surface area contributed by atoms with Crippen molar-refractivity contribution >= 4 is 29.0 Å². The standard InChI is InChI=1S/C22H45NO3S2/c1-5-8-13-24-18-22(19-25-14-9-6-2,20-26-15-10-7-3)17-23-21(27)12-11-16-28-4/h5-20H2,1-4H3,(H,23,27). The van der Waals surface area contributed by atoms with Gasteiger partial charge in [0.05, 0.1) is 30.2 Å². The van der Waals surface area contributed by atoms with Crippen LogP contribution in [0.1, 0.15) is 72.1 Å². The van der Waals surface area contributed by atoms with E-state index in [4.69, 9.17) is 26.4 Å². The number of thiocarbonyl (C=S) groups is 1. The van der Waals surface area contributed by atoms with Gasteiger partial charge in [-0.1, -0.05) is 52.3 Å². The minimum atomic E-state index is -0.196. The second kappa shape index (κ2) is 20.4. The van der Waals surface area contributed by atoms with Gasteiger partial charge in [0.25, 0.3) is 0 Å². The van der Waals surface area contributed by atoms with Gasteiger partial charge in [-0.2, -0.15) is 11.8 Å². The Hall–Kier alpha value is 0.120. The lowest BCUT2D eigenvalue weighted by Crippen LogP contribution is -2.47. The monoisotopic (exact) mass is 435 g/mol. The maximum atomic E-state index is 6.04. The zero-order valence-corrected chi connectivity index (χ0v) is 20.5. The van der Waals surface area contributed by atoms with Gasteiger partial charge in [0.1, 0.15) is 0 Å². The van der Waals surface area contributed by atoms with Crippen molar-refractivity contribution in [3.63, 3.8) is 0 Å². The largest absolute Gasteiger partial charge is 0.381 e. The lowest BCUT2D eigenvalue weighted by molar-refractivity contribution is -0.0676. The van der Waals surface area contributed by atoms with Crippen LogP contribution in [-0.4, -0.2) is 63.2 Å². The molecule has 0 fully saturated rings. The van der Waals surface area contributed by atoms with Crippen molar-refractivity contribution < 1.29 is 14.2 Å². The minimum Gasteiger partial charge on any atom is -0.381 e. The van der Waals surface area contributed by atoms with Gasteiger partial charge in [-0.3, -0.25) is 0 Å². The second-order valence-electron chi connectivity index (χ2n) is 7.59. The summed E-state index contributed by atoms with van der Waals surface area (Å²) in [6, 6.07) is 0. The van der Waals surface area contributed by atoms with Gasteiger partial charge in [0, 0.05) is 26.4 Å². The Morgan fingerprint density at radius 1 is 0.821 bits per heavy atom. The molecule has 0 aliphatic rings. The van der Waals surface area contributed by atoms with Crippen molar-refractivity contribution in [3.8, 4) is 0 Å². The number of hydrogen-bond acceptors (Lipinski definition) is 5. The molecule has 0 saturated heterocycles. The molecule has 0 spiro atoms. The molecule has 28 heavy (non-hydrogen) atoms. The summed E-state index contributed by atoms with van der Waals surface area (Å²) in [6.45, 7) is 11.6. The van der Waals surface area contributed by atoms with Crippen LogP contribution in [0.5, 0.6) is 0 Å². The molecule has 0 aliphatic heterocycles. The lowest BCUT2D eigenvalue weighted by atomic mass is 9.90. The smallest absolute Gasteiger partial charge is 0.0753 e. The number of unbranched alkanes of at least 4 members (excludes halogenated alkanes) is 3. The summed E-state index contributed by atoms with van der Waals surface area (Å²) < 4.78 is 18.1. The van der Waals surface area contributed by atoms with Gasteiger partial charge >= 0.3 is 0 Å². The minimum absolute atomic E-state index is 0.196. The van der Waals surface area contributed by atoms with Crippen LogP contribution in [0, 0.1) is 5.41 Å². The molecule has 0 rings (SSSR count). The molecule has 0 aromatic rings. The third-order valence-corrected chi connectivity index (χ3v) is 5.61. The Labute approximate surface area is 184 Å². The van der Waals surface area contributed by atoms with Crippen molar-refractivity contribution in [2.75, 3.05) is 58.2 Å². The number of thioether (sulfide) groups is 1. The number of hydrogen-bond donors (Lipinski definition) is 1. The van der Waals surface area contributed by atoms with Crippen LogP contribution >= 0.6 is 24.0 Å². The van der Waals surface area contributed by atoms with E-state index in [0.29, 0.717) is 19.8 Å². The predicted octanol–water partition coefficient (Wildman–Crippen LogP) is 5.48. The van der Waals surface area contributed by atoms with E-state index in [2.05, 4.69) is 32.3 Å². The highest BCUT2D eigenvalue weighted by Gasteiger charge is 2.32. The van der Waals surface area contributed by atoms with E-state index in [9.17, 15) is 0 Å². The molecule has 0 aromatic carbocycles. The first kappa shape index (κ1) is 28.1. The van der Waals surface area contributed by atoms with E-state index in [1.807, 2.05) is 11.8 Å². The van der Waals surface area contributed by atoms with E-state index in [1.54, 1.807) is 0 Å². The van der Waals surface area contributed by atoms with Gasteiger partial charge in [-0.15, -0.1) is 0 Å². The molecule has 0 radical (unpaired) electrons. The topological polar surface area (TPSA) is 39.7 Å². The van der Waals surface area contributed by atoms with Crippen LogP contribution in [0.15, 0.2) is 0 Å². The summed E-state index contributed by atoms with van der Waals surface area (Å²) in [4.78, 5) is 0.939. The summed E-state index contributed by atoms with van der Waals surface area (Å²) in [5.74, 6) is 1.15. The average Bonchev–Trinajstić information content (AvgIpc) is 2.70. The molecule has 0 aromatic heterocycles. The second-order valence-corrected chi connectivity index (χ2v) is 9.07. The fourth-order valence-electron chi connectivity index (χ4n) is 2.63. The molecule has 0 bridgehead atoms. The Kier molecular flexibility index (Phi) is 20.5. The first-order valence-corrected chi connectivity index (χ1v) is 12.9. The first-order valence-electron chi connectivity index (χ1n) is 11.1. The lowest BCUT2D eigenvalue weighted by Gasteiger charge is -2.34. The highest BCUT2D eigenvalue weighted by Crippen LogP contribution is 2.20. The van der Waals surface area contributed by atoms with Crippen LogP contribution in [0.2, 0.25) is 0 Å². The fraction of sp³-hybridized carbons (Fsp3) is 0.955. The van der Waals surface area contributed by atoms with Gasteiger partial charge in [-0.05, 0) is 44.1 Å². The SMILES string of the molecule is CCCCOCC(CNC(=S)CCCSC)(COCCCC)COCCCC. The van der Waals surface area contributed by atoms with Gasteiger partial charge in [0.15, 0.2) is 0 Å². The molecule has 0 heterocycles. The highest BCUT2D eigenvalue weighted by atomic mass is 32.2. The molecule has 1 N–H and O–H groups in total. The van der Waals surface area contributed by atoms with E-state index < -0.39 is 0 Å². The van der Waals surface area contributed by atoms with Crippen LogP contribution < -0.4 is 5.32 Å². The maximum absolute atomic E-state index is 6.04. The summed E-state index contributed by atoms with van der Waals surface area (Å²) in [5, 5.41) is 3.49. The highest BCUT2D eigenvalue weighted by molar-refractivity contribution is 7.98. The summed E-state index contributed by atoms with van der Waals surface area (Å²) in [6.07, 6.45) is 10.9. The van der Waals surface area contributed by atoms with E-state index in [0.717, 1.165) is 88.5 Å². The fourth-order valence-corrected chi connectivity index (χ4v) is 3.28. The summed E-state index contributed by atoms with van der Waals surface area (Å²) >= 11 is 7.42. The Morgan fingerprint density at radius 2 is 1.29 bits per heavy atom. The summed E-state index contributed by atoms with van der Waals surface area (Å²) in [5.41, 5.74) is -0.196. The van der Waals surface area contributed by atoms with Crippen LogP contribution in [0.25, 0.3) is 0 Å². The van der Waals surface area contributed by atoms with Gasteiger partial charge in [0.2, 0.25) is 0 Å². The molecule has 0 amide bonds. The quantitative estimate of drug-likeness (QED) is 0.190. The van der Waals surface area contributed by atoms with E-state index in [-0.39, 0.29) is 5.41 Å². The Morgan fingerprint density at radius 3 is 1.68 bits per heavy atom. The zero-order chi connectivity index (χ0) is 20.9. The van der Waals surface area contributed by atoms with E-state index >= 15 is 0 Å². The van der Waals surface area contributed by atoms with Crippen LogP contribution in [0.4, 0.5) is 0 Å². The molecule has 0 atom stereocenters.